The average Bonchev–Trinajstić information content (AvgIpc) is 2.14. The van der Waals surface area contributed by atoms with E-state index in [-0.39, 0.29) is 6.54 Å². The number of nitrogens with one attached hydrogen (secondary N) is 1. The van der Waals surface area contributed by atoms with Gasteiger partial charge >= 0.3 is 6.18 Å². The fourth-order valence-corrected chi connectivity index (χ4v) is 1.23. The monoisotopic (exact) mass is 237 g/mol. The Morgan fingerprint density at radius 1 is 1.33 bits per heavy atom. The number of hydrogen-bond acceptors (Lipinski definition) is 1. The first-order valence-electron chi connectivity index (χ1n) is 3.98. The predicted molar refractivity (Wildman–Crippen MR) is 51.9 cm³/mol. The second-order valence-electron chi connectivity index (χ2n) is 2.76. The molecular weight excluding hydrogens is 230 g/mol. The molecule has 0 radical (unpaired) electrons. The van der Waals surface area contributed by atoms with E-state index >= 15 is 0 Å². The smallest absolute Gasteiger partial charge is 0.378 e. The van der Waals surface area contributed by atoms with Gasteiger partial charge in [0.15, 0.2) is 0 Å². The lowest BCUT2D eigenvalue weighted by Crippen LogP contribution is -2.17. The molecule has 0 saturated heterocycles. The van der Waals surface area contributed by atoms with E-state index in [4.69, 9.17) is 0 Å². The first-order chi connectivity index (χ1) is 6.96. The maximum atomic E-state index is 13.1. The van der Waals surface area contributed by atoms with E-state index in [0.717, 1.165) is 23.7 Å². The van der Waals surface area contributed by atoms with Crippen molar-refractivity contribution in [2.45, 2.75) is 12.7 Å². The minimum Gasteiger partial charge on any atom is -0.378 e. The highest BCUT2D eigenvalue weighted by molar-refractivity contribution is 7.78. The zero-order valence-corrected chi connectivity index (χ0v) is 8.25. The van der Waals surface area contributed by atoms with Gasteiger partial charge in [-0.1, -0.05) is 18.3 Å². The number of halogens is 4. The second-order valence-corrected chi connectivity index (χ2v) is 3.00. The van der Waals surface area contributed by atoms with Crippen LogP contribution in [-0.2, 0) is 12.7 Å². The Morgan fingerprint density at radius 3 is 2.53 bits per heavy atom. The molecule has 0 amide bonds. The molecule has 0 atom stereocenters. The average molecular weight is 237 g/mol. The van der Waals surface area contributed by atoms with Crippen LogP contribution in [0, 0.1) is 5.82 Å². The molecule has 1 rings (SSSR count). The van der Waals surface area contributed by atoms with Crippen molar-refractivity contribution >= 4 is 17.7 Å². The van der Waals surface area contributed by atoms with Crippen LogP contribution in [0.4, 0.5) is 17.6 Å². The Kier molecular flexibility index (Phi) is 3.62. The van der Waals surface area contributed by atoms with E-state index in [1.54, 1.807) is 0 Å². The molecule has 0 unspecified atom stereocenters. The second kappa shape index (κ2) is 4.57. The maximum absolute atomic E-state index is 13.1. The summed E-state index contributed by atoms with van der Waals surface area (Å²) in [7, 11) is 0. The van der Waals surface area contributed by atoms with Gasteiger partial charge in [-0.25, -0.2) is 4.39 Å². The molecule has 0 fully saturated rings. The fourth-order valence-electron chi connectivity index (χ4n) is 1.15. The van der Waals surface area contributed by atoms with Crippen molar-refractivity contribution in [1.82, 2.24) is 5.32 Å². The minimum absolute atomic E-state index is 0.273. The molecule has 1 N–H and O–H groups in total. The van der Waals surface area contributed by atoms with Crippen molar-refractivity contribution in [2.24, 2.45) is 0 Å². The highest BCUT2D eigenvalue weighted by Crippen LogP contribution is 2.32. The molecule has 15 heavy (non-hydrogen) atoms. The third kappa shape index (κ3) is 2.89. The molecule has 0 bridgehead atoms. The first kappa shape index (κ1) is 11.9. The molecule has 0 aliphatic carbocycles. The van der Waals surface area contributed by atoms with Crippen LogP contribution in [0.1, 0.15) is 11.1 Å². The number of rotatable bonds is 3. The van der Waals surface area contributed by atoms with E-state index in [1.165, 1.54) is 0 Å². The first-order valence-corrected chi connectivity index (χ1v) is 4.45. The Balaban J connectivity index is 3.14. The van der Waals surface area contributed by atoms with Crippen LogP contribution < -0.4 is 5.32 Å². The SMILES string of the molecule is Fc1cccc(C(F)(F)F)c1CNC=S. The summed E-state index contributed by atoms with van der Waals surface area (Å²) >= 11 is 4.39. The largest absolute Gasteiger partial charge is 0.416 e. The van der Waals surface area contributed by atoms with Gasteiger partial charge in [-0.2, -0.15) is 13.2 Å². The normalized spacial score (nSPS) is 11.2. The quantitative estimate of drug-likeness (QED) is 0.640. The molecule has 0 aromatic heterocycles. The molecule has 1 nitrogen and oxygen atoms in total. The van der Waals surface area contributed by atoms with Gasteiger partial charge in [0, 0.05) is 12.1 Å². The summed E-state index contributed by atoms with van der Waals surface area (Å²) in [6, 6.07) is 2.85. The van der Waals surface area contributed by atoms with Gasteiger partial charge in [-0.3, -0.25) is 0 Å². The molecule has 1 aromatic rings. The highest BCUT2D eigenvalue weighted by Gasteiger charge is 2.34. The molecule has 82 valence electrons. The number of thiocarbonyl (C=S) groups is 1. The highest BCUT2D eigenvalue weighted by atomic mass is 32.1. The Bertz CT molecular complexity index is 362. The number of hydrogen-bond donors (Lipinski definition) is 1. The lowest BCUT2D eigenvalue weighted by Gasteiger charge is -2.13. The Labute approximate surface area is 89.1 Å². The van der Waals surface area contributed by atoms with Gasteiger partial charge in [-0.05, 0) is 12.1 Å². The van der Waals surface area contributed by atoms with Crippen LogP contribution in [0.25, 0.3) is 0 Å². The van der Waals surface area contributed by atoms with Crippen molar-refractivity contribution in [3.63, 3.8) is 0 Å². The van der Waals surface area contributed by atoms with Crippen LogP contribution in [0.15, 0.2) is 18.2 Å². The third-order valence-corrected chi connectivity index (χ3v) is 1.95. The molecule has 0 heterocycles. The van der Waals surface area contributed by atoms with Gasteiger partial charge in [0.05, 0.1) is 11.1 Å². The van der Waals surface area contributed by atoms with Crippen LogP contribution in [-0.4, -0.2) is 5.49 Å². The molecule has 0 aliphatic rings. The minimum atomic E-state index is -4.55. The summed E-state index contributed by atoms with van der Waals surface area (Å²) in [6.45, 7) is -0.273. The van der Waals surface area contributed by atoms with Crippen molar-refractivity contribution in [3.05, 3.63) is 35.1 Å². The number of alkyl halides is 3. The van der Waals surface area contributed by atoms with E-state index in [1.807, 2.05) is 0 Å². The standard InChI is InChI=1S/C9H7F4NS/c10-8-3-1-2-7(9(11,12)13)6(8)4-14-5-15/h1-3,5H,4H2,(H,14,15). The van der Waals surface area contributed by atoms with Gasteiger partial charge in [-0.15, -0.1) is 0 Å². The van der Waals surface area contributed by atoms with Crippen LogP contribution in [0.5, 0.6) is 0 Å². The van der Waals surface area contributed by atoms with E-state index in [2.05, 4.69) is 17.5 Å². The zero-order valence-electron chi connectivity index (χ0n) is 7.44. The Morgan fingerprint density at radius 2 is 2.00 bits per heavy atom. The van der Waals surface area contributed by atoms with Crippen molar-refractivity contribution < 1.29 is 17.6 Å². The van der Waals surface area contributed by atoms with E-state index in [9.17, 15) is 17.6 Å². The van der Waals surface area contributed by atoms with Gasteiger partial charge in [0.25, 0.3) is 0 Å². The summed E-state index contributed by atoms with van der Waals surface area (Å²) in [5, 5.41) is 2.37. The summed E-state index contributed by atoms with van der Waals surface area (Å²) < 4.78 is 50.4. The molecular formula is C9H7F4NS. The summed E-state index contributed by atoms with van der Waals surface area (Å²) in [5.41, 5.74) is -0.356. The summed E-state index contributed by atoms with van der Waals surface area (Å²) in [5.74, 6) is -0.894. The fraction of sp³-hybridized carbons (Fsp3) is 0.222. The van der Waals surface area contributed by atoms with Crippen molar-refractivity contribution in [3.8, 4) is 0 Å². The lowest BCUT2D eigenvalue weighted by atomic mass is 10.1. The predicted octanol–water partition coefficient (Wildman–Crippen LogP) is 2.89. The number of benzene rings is 1. The van der Waals surface area contributed by atoms with Gasteiger partial charge in [0.1, 0.15) is 5.82 Å². The molecule has 1 aromatic carbocycles. The van der Waals surface area contributed by atoms with Gasteiger partial charge in [0.2, 0.25) is 0 Å². The lowest BCUT2D eigenvalue weighted by molar-refractivity contribution is -0.138. The molecule has 6 heteroatoms. The van der Waals surface area contributed by atoms with Crippen LogP contribution in [0.3, 0.4) is 0 Å². The maximum Gasteiger partial charge on any atom is 0.416 e. The van der Waals surface area contributed by atoms with E-state index < -0.39 is 23.1 Å². The Hall–Kier alpha value is -1.17. The molecule has 0 aliphatic heterocycles. The van der Waals surface area contributed by atoms with Crippen LogP contribution in [0.2, 0.25) is 0 Å². The summed E-state index contributed by atoms with van der Waals surface area (Å²) in [6.07, 6.45) is -4.55. The topological polar surface area (TPSA) is 12.0 Å². The van der Waals surface area contributed by atoms with Crippen molar-refractivity contribution in [1.29, 1.82) is 0 Å². The summed E-state index contributed by atoms with van der Waals surface area (Å²) in [4.78, 5) is 0. The zero-order chi connectivity index (χ0) is 11.5. The molecule has 0 saturated carbocycles. The molecule has 0 spiro atoms. The third-order valence-electron chi connectivity index (χ3n) is 1.79. The van der Waals surface area contributed by atoms with Crippen molar-refractivity contribution in [2.75, 3.05) is 0 Å². The van der Waals surface area contributed by atoms with Crippen LogP contribution >= 0.6 is 12.2 Å². The van der Waals surface area contributed by atoms with Gasteiger partial charge < -0.3 is 5.32 Å². The van der Waals surface area contributed by atoms with E-state index in [0.29, 0.717) is 0 Å².